The van der Waals surface area contributed by atoms with Gasteiger partial charge in [-0.1, -0.05) is 36.4 Å². The summed E-state index contributed by atoms with van der Waals surface area (Å²) in [6.45, 7) is 5.98. The van der Waals surface area contributed by atoms with Crippen LogP contribution in [0.2, 0.25) is 0 Å². The van der Waals surface area contributed by atoms with Gasteiger partial charge in [-0.3, -0.25) is 9.59 Å². The molecule has 0 saturated heterocycles. The topological polar surface area (TPSA) is 40.6 Å². The maximum absolute atomic E-state index is 13.2. The summed E-state index contributed by atoms with van der Waals surface area (Å²) in [6, 6.07) is 17.8. The van der Waals surface area contributed by atoms with E-state index >= 15 is 0 Å². The summed E-state index contributed by atoms with van der Waals surface area (Å²) in [5, 5.41) is 3.10. The largest absolute Gasteiger partial charge is 0.275 e. The van der Waals surface area contributed by atoms with Crippen molar-refractivity contribution in [1.29, 1.82) is 0 Å². The van der Waals surface area contributed by atoms with Gasteiger partial charge in [-0.2, -0.15) is 5.01 Å². The Kier molecular flexibility index (Phi) is 6.39. The molecule has 0 aliphatic rings. The Morgan fingerprint density at radius 3 is 1.56 bits per heavy atom. The zero-order chi connectivity index (χ0) is 18.4. The van der Waals surface area contributed by atoms with Crippen molar-refractivity contribution in [3.63, 3.8) is 0 Å². The number of carbonyl (C=O) groups is 2. The van der Waals surface area contributed by atoms with Gasteiger partial charge in [0.25, 0.3) is 11.8 Å². The van der Waals surface area contributed by atoms with Gasteiger partial charge in [-0.25, -0.2) is 5.01 Å². The lowest BCUT2D eigenvalue weighted by molar-refractivity contribution is -0.0344. The van der Waals surface area contributed by atoms with E-state index in [0.29, 0.717) is 17.0 Å². The highest BCUT2D eigenvalue weighted by atomic mass is 32.2. The molecule has 0 aliphatic carbocycles. The zero-order valence-electron chi connectivity index (χ0n) is 15.1. The van der Waals surface area contributed by atoms with Gasteiger partial charge >= 0.3 is 0 Å². The fourth-order valence-electron chi connectivity index (χ4n) is 2.39. The maximum atomic E-state index is 13.2. The lowest BCUT2D eigenvalue weighted by atomic mass is 10.1. The Balaban J connectivity index is 2.50. The van der Waals surface area contributed by atoms with E-state index in [1.165, 1.54) is 5.01 Å². The lowest BCUT2D eigenvalue weighted by Gasteiger charge is -2.41. The van der Waals surface area contributed by atoms with E-state index in [-0.39, 0.29) is 11.8 Å². The van der Waals surface area contributed by atoms with E-state index in [2.05, 4.69) is 0 Å². The zero-order valence-corrected chi connectivity index (χ0v) is 15.9. The molecule has 0 unspecified atom stereocenters. The van der Waals surface area contributed by atoms with Gasteiger partial charge in [0, 0.05) is 16.7 Å². The van der Waals surface area contributed by atoms with Crippen LogP contribution in [0.1, 0.15) is 41.5 Å². The molecule has 0 atom stereocenters. The van der Waals surface area contributed by atoms with Crippen molar-refractivity contribution in [2.75, 3.05) is 12.1 Å². The number of rotatable bonds is 5. The number of amides is 2. The Morgan fingerprint density at radius 1 is 0.840 bits per heavy atom. The number of hydrogen-bond acceptors (Lipinski definition) is 4. The molecule has 25 heavy (non-hydrogen) atoms. The highest BCUT2D eigenvalue weighted by molar-refractivity contribution is 7.98. The smallest absolute Gasteiger partial charge is 0.267 e. The van der Waals surface area contributed by atoms with Crippen LogP contribution in [0.4, 0.5) is 0 Å². The Bertz CT molecular complexity index is 660. The van der Waals surface area contributed by atoms with Crippen LogP contribution in [0, 0.1) is 0 Å². The van der Waals surface area contributed by atoms with E-state index in [1.54, 1.807) is 60.3 Å². The van der Waals surface area contributed by atoms with Gasteiger partial charge in [0.05, 0.1) is 5.88 Å². The molecule has 2 rings (SSSR count). The first-order valence-electron chi connectivity index (χ1n) is 8.11. The first kappa shape index (κ1) is 19.2. The fourth-order valence-corrected chi connectivity index (χ4v) is 3.14. The van der Waals surface area contributed by atoms with Crippen LogP contribution in [0.5, 0.6) is 0 Å². The number of hydrazine groups is 1. The van der Waals surface area contributed by atoms with E-state index in [4.69, 9.17) is 0 Å². The SMILES string of the molecule is CSCN(N(C(=O)c1ccccc1)C(=O)c1ccccc1)C(C)(C)C. The summed E-state index contributed by atoms with van der Waals surface area (Å²) in [5.74, 6) is -0.113. The normalized spacial score (nSPS) is 11.4. The van der Waals surface area contributed by atoms with Crippen LogP contribution < -0.4 is 0 Å². The van der Waals surface area contributed by atoms with E-state index < -0.39 is 5.54 Å². The summed E-state index contributed by atoms with van der Waals surface area (Å²) in [7, 11) is 0. The highest BCUT2D eigenvalue weighted by Gasteiger charge is 2.36. The lowest BCUT2D eigenvalue weighted by Crippen LogP contribution is -2.57. The molecule has 0 aliphatic heterocycles. The third kappa shape index (κ3) is 4.71. The molecule has 0 fully saturated rings. The number of nitrogens with zero attached hydrogens (tertiary/aromatic N) is 2. The Labute approximate surface area is 153 Å². The average Bonchev–Trinajstić information content (AvgIpc) is 2.61. The minimum absolute atomic E-state index is 0.321. The second kappa shape index (κ2) is 8.32. The molecule has 0 bridgehead atoms. The van der Waals surface area contributed by atoms with Gasteiger partial charge in [-0.15, -0.1) is 11.8 Å². The number of benzene rings is 2. The van der Waals surface area contributed by atoms with E-state index in [9.17, 15) is 9.59 Å². The van der Waals surface area contributed by atoms with E-state index in [0.717, 1.165) is 0 Å². The second-order valence-electron chi connectivity index (χ2n) is 6.64. The van der Waals surface area contributed by atoms with Crippen molar-refractivity contribution in [2.24, 2.45) is 0 Å². The first-order chi connectivity index (χ1) is 11.9. The Hall–Kier alpha value is -2.11. The molecule has 2 amide bonds. The highest BCUT2D eigenvalue weighted by Crippen LogP contribution is 2.23. The van der Waals surface area contributed by atoms with Crippen LogP contribution in [0.15, 0.2) is 60.7 Å². The van der Waals surface area contributed by atoms with Gasteiger partial charge in [0.15, 0.2) is 0 Å². The van der Waals surface area contributed by atoms with Gasteiger partial charge in [0.2, 0.25) is 0 Å². The number of imide groups is 1. The number of hydrogen-bond donors (Lipinski definition) is 0. The van der Waals surface area contributed by atoms with Gasteiger partial charge in [-0.05, 0) is 51.3 Å². The van der Waals surface area contributed by atoms with Crippen LogP contribution in [-0.4, -0.2) is 39.5 Å². The molecule has 4 nitrogen and oxygen atoms in total. The minimum atomic E-state index is -0.391. The predicted octanol–water partition coefficient (Wildman–Crippen LogP) is 4.31. The molecule has 0 spiro atoms. The van der Waals surface area contributed by atoms with Crippen LogP contribution in [-0.2, 0) is 0 Å². The third-order valence-corrected chi connectivity index (χ3v) is 4.20. The van der Waals surface area contributed by atoms with Gasteiger partial charge < -0.3 is 0 Å². The van der Waals surface area contributed by atoms with Crippen molar-refractivity contribution in [2.45, 2.75) is 26.3 Å². The van der Waals surface area contributed by atoms with Crippen LogP contribution in [0.3, 0.4) is 0 Å². The van der Waals surface area contributed by atoms with Crippen molar-refractivity contribution < 1.29 is 9.59 Å². The molecule has 2 aromatic rings. The molecule has 0 radical (unpaired) electrons. The second-order valence-corrected chi connectivity index (χ2v) is 7.48. The summed E-state index contributed by atoms with van der Waals surface area (Å²) >= 11 is 1.57. The molecule has 2 aromatic carbocycles. The molecular formula is C20H24N2O2S. The molecule has 0 heterocycles. The summed E-state index contributed by atoms with van der Waals surface area (Å²) in [6.07, 6.45) is 1.96. The van der Waals surface area contributed by atoms with Gasteiger partial charge in [0.1, 0.15) is 0 Å². The monoisotopic (exact) mass is 356 g/mol. The van der Waals surface area contributed by atoms with Crippen LogP contribution >= 0.6 is 11.8 Å². The summed E-state index contributed by atoms with van der Waals surface area (Å²) in [4.78, 5) is 26.4. The quantitative estimate of drug-likeness (QED) is 0.455. The maximum Gasteiger partial charge on any atom is 0.275 e. The summed E-state index contributed by atoms with van der Waals surface area (Å²) in [5.41, 5.74) is 0.585. The minimum Gasteiger partial charge on any atom is -0.267 e. The molecule has 0 N–H and O–H groups in total. The summed E-state index contributed by atoms with van der Waals surface area (Å²) < 4.78 is 0. The third-order valence-electron chi connectivity index (χ3n) is 3.69. The van der Waals surface area contributed by atoms with Crippen molar-refractivity contribution in [3.8, 4) is 0 Å². The number of carbonyl (C=O) groups excluding carboxylic acids is 2. The number of thioether (sulfide) groups is 1. The average molecular weight is 356 g/mol. The standard InChI is InChI=1S/C20H24N2O2S/c1-20(2,3)21(15-25-4)22(18(23)16-11-7-5-8-12-16)19(24)17-13-9-6-10-14-17/h5-14H,15H2,1-4H3. The molecule has 0 saturated carbocycles. The molecular weight excluding hydrogens is 332 g/mol. The Morgan fingerprint density at radius 2 is 1.24 bits per heavy atom. The van der Waals surface area contributed by atoms with Crippen molar-refractivity contribution >= 4 is 23.6 Å². The van der Waals surface area contributed by atoms with Crippen molar-refractivity contribution in [1.82, 2.24) is 10.0 Å². The molecule has 5 heteroatoms. The van der Waals surface area contributed by atoms with E-state index in [1.807, 2.05) is 44.2 Å². The van der Waals surface area contributed by atoms with Crippen LogP contribution in [0.25, 0.3) is 0 Å². The van der Waals surface area contributed by atoms with Crippen molar-refractivity contribution in [3.05, 3.63) is 71.8 Å². The predicted molar refractivity (Wildman–Crippen MR) is 103 cm³/mol. The molecule has 0 aromatic heterocycles. The molecule has 132 valence electrons. The fraction of sp³-hybridized carbons (Fsp3) is 0.300. The first-order valence-corrected chi connectivity index (χ1v) is 9.51.